The van der Waals surface area contributed by atoms with Gasteiger partial charge in [-0.25, -0.2) is 4.98 Å². The molecule has 0 fully saturated rings. The number of ketones is 1. The Kier molecular flexibility index (Phi) is 5.91. The number of Topliss-reactive ketones (excluding diaryl/α,β-unsaturated/α-hetero) is 1. The zero-order valence-corrected chi connectivity index (χ0v) is 19.0. The summed E-state index contributed by atoms with van der Waals surface area (Å²) in [5.41, 5.74) is 2.87. The zero-order valence-electron chi connectivity index (χ0n) is 17.5. The van der Waals surface area contributed by atoms with Crippen molar-refractivity contribution in [2.24, 2.45) is 0 Å². The molecule has 0 radical (unpaired) electrons. The van der Waals surface area contributed by atoms with Gasteiger partial charge in [0.25, 0.3) is 0 Å². The summed E-state index contributed by atoms with van der Waals surface area (Å²) in [5.74, 6) is 1.25. The Morgan fingerprint density at radius 3 is 2.61 bits per heavy atom. The molecule has 2 aromatic heterocycles. The molecule has 31 heavy (non-hydrogen) atoms. The van der Waals surface area contributed by atoms with E-state index in [4.69, 9.17) is 32.7 Å². The fraction of sp³-hybridized carbons (Fsp3) is 0.292. The van der Waals surface area contributed by atoms with Gasteiger partial charge in [0.2, 0.25) is 0 Å². The maximum absolute atomic E-state index is 13.6. The Hall–Kier alpha value is -2.63. The van der Waals surface area contributed by atoms with Crippen LogP contribution in [0.5, 0.6) is 11.5 Å². The molecule has 3 aromatic rings. The van der Waals surface area contributed by atoms with E-state index in [1.807, 2.05) is 38.1 Å². The number of benzene rings is 1. The number of methoxy groups -OCH3 is 1. The Bertz CT molecular complexity index is 1150. The largest absolute Gasteiger partial charge is 0.497 e. The van der Waals surface area contributed by atoms with Gasteiger partial charge >= 0.3 is 0 Å². The molecule has 0 spiro atoms. The molecule has 160 valence electrons. The molecule has 0 amide bonds. The smallest absolute Gasteiger partial charge is 0.176 e. The van der Waals surface area contributed by atoms with Crippen molar-refractivity contribution in [3.8, 4) is 11.5 Å². The summed E-state index contributed by atoms with van der Waals surface area (Å²) in [6, 6.07) is 11.0. The summed E-state index contributed by atoms with van der Waals surface area (Å²) in [6.07, 6.45) is 2.73. The first-order valence-corrected chi connectivity index (χ1v) is 10.7. The number of halogens is 2. The maximum atomic E-state index is 13.6. The minimum absolute atomic E-state index is 0.0282. The van der Waals surface area contributed by atoms with Gasteiger partial charge in [-0.15, -0.1) is 0 Å². The normalized spacial score (nSPS) is 17.9. The van der Waals surface area contributed by atoms with Crippen LogP contribution in [0, 0.1) is 6.92 Å². The molecule has 0 bridgehead atoms. The van der Waals surface area contributed by atoms with E-state index in [9.17, 15) is 4.79 Å². The number of aromatic nitrogens is 2. The van der Waals surface area contributed by atoms with Crippen LogP contribution in [0.4, 0.5) is 0 Å². The summed E-state index contributed by atoms with van der Waals surface area (Å²) in [7, 11) is 1.63. The second-order valence-corrected chi connectivity index (χ2v) is 8.71. The fourth-order valence-corrected chi connectivity index (χ4v) is 4.41. The Morgan fingerprint density at radius 1 is 1.16 bits per heavy atom. The topological polar surface area (TPSA) is 61.3 Å². The van der Waals surface area contributed by atoms with Crippen molar-refractivity contribution in [2.75, 3.05) is 7.11 Å². The molecule has 0 saturated carbocycles. The van der Waals surface area contributed by atoms with Crippen molar-refractivity contribution in [3.63, 3.8) is 0 Å². The predicted octanol–water partition coefficient (Wildman–Crippen LogP) is 5.77. The third kappa shape index (κ3) is 4.12. The van der Waals surface area contributed by atoms with E-state index in [1.165, 1.54) is 0 Å². The zero-order chi connectivity index (χ0) is 22.2. The maximum Gasteiger partial charge on any atom is 0.176 e. The summed E-state index contributed by atoms with van der Waals surface area (Å²) < 4.78 is 11.3. The number of hydrogen-bond acceptors (Lipinski definition) is 5. The first-order valence-electron chi connectivity index (χ1n) is 9.94. The van der Waals surface area contributed by atoms with E-state index in [0.717, 1.165) is 22.6 Å². The van der Waals surface area contributed by atoms with Gasteiger partial charge in [0.05, 0.1) is 28.9 Å². The Balaban J connectivity index is 1.68. The first-order chi connectivity index (χ1) is 14.8. The number of nitrogens with zero attached hydrogens (tertiary/aromatic N) is 2. The van der Waals surface area contributed by atoms with Crippen molar-refractivity contribution in [3.05, 3.63) is 80.8 Å². The SMILES string of the molecule is COc1ccc(COc2cc(Cl)cnc2C2(C)CCc3nc(Cl)cc(C)c3C2=O)cc1. The van der Waals surface area contributed by atoms with Crippen LogP contribution in [0.25, 0.3) is 0 Å². The van der Waals surface area contributed by atoms with Crippen LogP contribution in [-0.4, -0.2) is 22.9 Å². The third-order valence-corrected chi connectivity index (χ3v) is 6.15. The number of aryl methyl sites for hydroxylation is 2. The predicted molar refractivity (Wildman–Crippen MR) is 121 cm³/mol. The van der Waals surface area contributed by atoms with Crippen LogP contribution >= 0.6 is 23.2 Å². The van der Waals surface area contributed by atoms with E-state index in [1.54, 1.807) is 25.4 Å². The minimum Gasteiger partial charge on any atom is -0.497 e. The number of carbonyl (C=O) groups is 1. The quantitative estimate of drug-likeness (QED) is 0.456. The molecule has 7 heteroatoms. The monoisotopic (exact) mass is 456 g/mol. The standard InChI is InChI=1S/C24H22Cl2N2O3/c1-14-10-20(26)28-18-8-9-24(2,23(29)21(14)18)22-19(11-16(25)12-27-22)31-13-15-4-6-17(30-3)7-5-15/h4-7,10-12H,8-9,13H2,1-3H3. The van der Waals surface area contributed by atoms with Crippen molar-refractivity contribution in [1.29, 1.82) is 0 Å². The summed E-state index contributed by atoms with van der Waals surface area (Å²) in [4.78, 5) is 22.5. The highest BCUT2D eigenvalue weighted by atomic mass is 35.5. The van der Waals surface area contributed by atoms with E-state index >= 15 is 0 Å². The third-order valence-electron chi connectivity index (χ3n) is 5.75. The van der Waals surface area contributed by atoms with Crippen LogP contribution in [0.1, 0.15) is 46.2 Å². The van der Waals surface area contributed by atoms with Gasteiger partial charge in [-0.1, -0.05) is 35.3 Å². The molecule has 1 aliphatic carbocycles. The molecule has 1 aromatic carbocycles. The number of fused-ring (bicyclic) bond motifs is 1. The van der Waals surface area contributed by atoms with Crippen LogP contribution < -0.4 is 9.47 Å². The summed E-state index contributed by atoms with van der Waals surface area (Å²) >= 11 is 12.3. The van der Waals surface area contributed by atoms with E-state index < -0.39 is 5.41 Å². The van der Waals surface area contributed by atoms with Crippen LogP contribution in [0.3, 0.4) is 0 Å². The first kappa shape index (κ1) is 21.6. The van der Waals surface area contributed by atoms with Crippen molar-refractivity contribution in [1.82, 2.24) is 9.97 Å². The lowest BCUT2D eigenvalue weighted by Gasteiger charge is -2.34. The Morgan fingerprint density at radius 2 is 1.90 bits per heavy atom. The second kappa shape index (κ2) is 8.48. The fourth-order valence-electron chi connectivity index (χ4n) is 4.00. The highest BCUT2D eigenvalue weighted by Gasteiger charge is 2.44. The van der Waals surface area contributed by atoms with Crippen molar-refractivity contribution >= 4 is 29.0 Å². The average Bonchev–Trinajstić information content (AvgIpc) is 2.75. The van der Waals surface area contributed by atoms with E-state index in [2.05, 4.69) is 9.97 Å². The van der Waals surface area contributed by atoms with Gasteiger partial charge in [0.15, 0.2) is 5.78 Å². The van der Waals surface area contributed by atoms with Gasteiger partial charge < -0.3 is 9.47 Å². The van der Waals surface area contributed by atoms with Gasteiger partial charge in [-0.05, 0) is 56.0 Å². The van der Waals surface area contributed by atoms with E-state index in [-0.39, 0.29) is 5.78 Å². The number of pyridine rings is 2. The summed E-state index contributed by atoms with van der Waals surface area (Å²) in [5, 5.41) is 0.853. The second-order valence-electron chi connectivity index (χ2n) is 7.88. The molecule has 1 atom stereocenters. The molecular weight excluding hydrogens is 435 g/mol. The van der Waals surface area contributed by atoms with E-state index in [0.29, 0.717) is 46.6 Å². The number of rotatable bonds is 5. The van der Waals surface area contributed by atoms with Gasteiger partial charge in [-0.2, -0.15) is 0 Å². The highest BCUT2D eigenvalue weighted by molar-refractivity contribution is 6.30. The average molecular weight is 457 g/mol. The van der Waals surface area contributed by atoms with Crippen LogP contribution in [0.2, 0.25) is 10.2 Å². The van der Waals surface area contributed by atoms with Crippen molar-refractivity contribution < 1.29 is 14.3 Å². The van der Waals surface area contributed by atoms with Crippen molar-refractivity contribution in [2.45, 2.75) is 38.7 Å². The number of carbonyl (C=O) groups excluding carboxylic acids is 1. The van der Waals surface area contributed by atoms with Crippen LogP contribution in [-0.2, 0) is 18.4 Å². The number of ether oxygens (including phenoxy) is 2. The number of hydrogen-bond donors (Lipinski definition) is 0. The molecule has 1 aliphatic rings. The molecule has 5 nitrogen and oxygen atoms in total. The lowest BCUT2D eigenvalue weighted by Crippen LogP contribution is -2.39. The molecular formula is C24H22Cl2N2O3. The minimum atomic E-state index is -0.854. The molecule has 2 heterocycles. The molecule has 0 N–H and O–H groups in total. The molecule has 0 aliphatic heterocycles. The van der Waals surface area contributed by atoms with Crippen LogP contribution in [0.15, 0.2) is 42.6 Å². The van der Waals surface area contributed by atoms with Gasteiger partial charge in [0.1, 0.15) is 23.3 Å². The lowest BCUT2D eigenvalue weighted by atomic mass is 9.69. The molecule has 4 rings (SSSR count). The molecule has 0 saturated heterocycles. The van der Waals surface area contributed by atoms with Gasteiger partial charge in [-0.3, -0.25) is 9.78 Å². The molecule has 1 unspecified atom stereocenters. The lowest BCUT2D eigenvalue weighted by molar-refractivity contribution is 0.0865. The summed E-state index contributed by atoms with van der Waals surface area (Å²) in [6.45, 7) is 4.10. The van der Waals surface area contributed by atoms with Gasteiger partial charge in [0, 0.05) is 17.8 Å². The Labute approximate surface area is 191 Å². The highest BCUT2D eigenvalue weighted by Crippen LogP contribution is 2.42.